The van der Waals surface area contributed by atoms with Crippen LogP contribution >= 0.6 is 11.6 Å². The minimum absolute atomic E-state index is 0.264. The highest BCUT2D eigenvalue weighted by atomic mass is 35.5. The van der Waals surface area contributed by atoms with Gasteiger partial charge in [-0.25, -0.2) is 9.37 Å². The fraction of sp³-hybridized carbons (Fsp3) is 0.235. The highest BCUT2D eigenvalue weighted by Crippen LogP contribution is 2.30. The molecular formula is C17H16ClFN2. The Labute approximate surface area is 128 Å². The van der Waals surface area contributed by atoms with Crippen LogP contribution in [0.5, 0.6) is 0 Å². The molecule has 4 heteroatoms. The molecule has 3 aromatic rings. The van der Waals surface area contributed by atoms with Crippen molar-refractivity contribution >= 4 is 22.6 Å². The van der Waals surface area contributed by atoms with Gasteiger partial charge in [-0.2, -0.15) is 0 Å². The van der Waals surface area contributed by atoms with E-state index in [1.807, 2.05) is 23.6 Å². The molecule has 0 aliphatic rings. The Bertz CT molecular complexity index is 821. The topological polar surface area (TPSA) is 17.8 Å². The zero-order valence-electron chi connectivity index (χ0n) is 12.2. The summed E-state index contributed by atoms with van der Waals surface area (Å²) < 4.78 is 15.5. The molecule has 1 heterocycles. The number of hydrogen-bond donors (Lipinski definition) is 0. The smallest absolute Gasteiger partial charge is 0.132 e. The third-order valence-corrected chi connectivity index (χ3v) is 4.01. The van der Waals surface area contributed by atoms with E-state index in [0.29, 0.717) is 5.52 Å². The van der Waals surface area contributed by atoms with Gasteiger partial charge in [0.15, 0.2) is 0 Å². The van der Waals surface area contributed by atoms with E-state index < -0.39 is 0 Å². The molecule has 2 aromatic carbocycles. The molecular weight excluding hydrogens is 287 g/mol. The van der Waals surface area contributed by atoms with Gasteiger partial charge in [0.05, 0.1) is 22.1 Å². The summed E-state index contributed by atoms with van der Waals surface area (Å²) in [6, 6.07) is 10.8. The molecule has 0 bridgehead atoms. The van der Waals surface area contributed by atoms with Crippen LogP contribution < -0.4 is 0 Å². The Morgan fingerprint density at radius 1 is 1.19 bits per heavy atom. The van der Waals surface area contributed by atoms with Crippen LogP contribution in [-0.2, 0) is 0 Å². The number of rotatable bonds is 2. The average molecular weight is 303 g/mol. The minimum Gasteiger partial charge on any atom is -0.295 e. The lowest BCUT2D eigenvalue weighted by molar-refractivity contribution is 0.629. The molecule has 1 aromatic heterocycles. The Balaban J connectivity index is 2.39. The zero-order valence-corrected chi connectivity index (χ0v) is 12.9. The summed E-state index contributed by atoms with van der Waals surface area (Å²) in [5, 5.41) is -0.264. The lowest BCUT2D eigenvalue weighted by atomic mass is 10.1. The molecule has 0 saturated heterocycles. The van der Waals surface area contributed by atoms with Gasteiger partial charge in [0.25, 0.3) is 0 Å². The van der Waals surface area contributed by atoms with Crippen LogP contribution in [0.2, 0.25) is 0 Å². The van der Waals surface area contributed by atoms with E-state index in [0.717, 1.165) is 17.0 Å². The fourth-order valence-corrected chi connectivity index (χ4v) is 2.72. The van der Waals surface area contributed by atoms with Crippen molar-refractivity contribution in [3.05, 3.63) is 59.2 Å². The molecule has 3 rings (SSSR count). The zero-order chi connectivity index (χ0) is 15.1. The summed E-state index contributed by atoms with van der Waals surface area (Å²) in [6.07, 6.45) is 0. The van der Waals surface area contributed by atoms with Crippen LogP contribution in [0, 0.1) is 19.7 Å². The quantitative estimate of drug-likeness (QED) is 0.604. The van der Waals surface area contributed by atoms with Gasteiger partial charge >= 0.3 is 0 Å². The number of benzene rings is 2. The average Bonchev–Trinajstić information content (AvgIpc) is 2.80. The van der Waals surface area contributed by atoms with E-state index in [1.165, 1.54) is 23.3 Å². The fourth-order valence-electron chi connectivity index (χ4n) is 2.57. The maximum absolute atomic E-state index is 13.4. The molecule has 0 fully saturated rings. The van der Waals surface area contributed by atoms with Crippen LogP contribution in [0.4, 0.5) is 4.39 Å². The molecule has 2 nitrogen and oxygen atoms in total. The van der Waals surface area contributed by atoms with Crippen molar-refractivity contribution in [1.29, 1.82) is 0 Å². The maximum atomic E-state index is 13.4. The van der Waals surface area contributed by atoms with Crippen LogP contribution in [0.25, 0.3) is 16.7 Å². The molecule has 1 unspecified atom stereocenters. The Morgan fingerprint density at radius 2 is 1.95 bits per heavy atom. The third-order valence-electron chi connectivity index (χ3n) is 3.82. The molecule has 0 saturated carbocycles. The maximum Gasteiger partial charge on any atom is 0.132 e. The second-order valence-corrected chi connectivity index (χ2v) is 5.93. The summed E-state index contributed by atoms with van der Waals surface area (Å²) in [5.74, 6) is 0.438. The van der Waals surface area contributed by atoms with Gasteiger partial charge in [0, 0.05) is 6.07 Å². The minimum atomic E-state index is -0.290. The number of nitrogens with zero attached hydrogens (tertiary/aromatic N) is 2. The van der Waals surface area contributed by atoms with Gasteiger partial charge in [-0.05, 0) is 50.1 Å². The van der Waals surface area contributed by atoms with Crippen molar-refractivity contribution in [2.24, 2.45) is 0 Å². The first-order valence-electron chi connectivity index (χ1n) is 6.87. The molecule has 0 aliphatic carbocycles. The number of alkyl halides is 1. The van der Waals surface area contributed by atoms with Gasteiger partial charge in [0.2, 0.25) is 0 Å². The van der Waals surface area contributed by atoms with Crippen molar-refractivity contribution in [3.8, 4) is 5.69 Å². The van der Waals surface area contributed by atoms with Crippen LogP contribution in [0.15, 0.2) is 36.4 Å². The van der Waals surface area contributed by atoms with Crippen LogP contribution in [-0.4, -0.2) is 9.55 Å². The van der Waals surface area contributed by atoms with Crippen molar-refractivity contribution in [1.82, 2.24) is 9.55 Å². The Morgan fingerprint density at radius 3 is 2.67 bits per heavy atom. The standard InChI is InChI=1S/C17H16ClFN2/c1-10-5-4-6-15(11(10)2)21-16-8-7-13(19)9-14(16)20-17(21)12(3)18/h4-9,12H,1-3H3. The summed E-state index contributed by atoms with van der Waals surface area (Å²) in [6.45, 7) is 6.02. The summed E-state index contributed by atoms with van der Waals surface area (Å²) in [4.78, 5) is 4.51. The molecule has 0 aliphatic heterocycles. The van der Waals surface area contributed by atoms with E-state index in [-0.39, 0.29) is 11.2 Å². The van der Waals surface area contributed by atoms with E-state index >= 15 is 0 Å². The first-order valence-corrected chi connectivity index (χ1v) is 7.31. The van der Waals surface area contributed by atoms with Gasteiger partial charge in [-0.1, -0.05) is 12.1 Å². The van der Waals surface area contributed by atoms with E-state index in [9.17, 15) is 4.39 Å². The number of imidazole rings is 1. The second-order valence-electron chi connectivity index (χ2n) is 5.27. The molecule has 0 amide bonds. The molecule has 0 N–H and O–H groups in total. The second kappa shape index (κ2) is 5.15. The van der Waals surface area contributed by atoms with Gasteiger partial charge < -0.3 is 0 Å². The Kier molecular flexibility index (Phi) is 3.46. The normalized spacial score (nSPS) is 12.8. The predicted molar refractivity (Wildman–Crippen MR) is 84.8 cm³/mol. The van der Waals surface area contributed by atoms with Crippen molar-refractivity contribution < 1.29 is 4.39 Å². The lowest BCUT2D eigenvalue weighted by Gasteiger charge is -2.14. The molecule has 21 heavy (non-hydrogen) atoms. The molecule has 0 radical (unpaired) electrons. The summed E-state index contributed by atoms with van der Waals surface area (Å²) >= 11 is 6.28. The Hall–Kier alpha value is -1.87. The van der Waals surface area contributed by atoms with Gasteiger partial charge in [-0.15, -0.1) is 11.6 Å². The largest absolute Gasteiger partial charge is 0.295 e. The van der Waals surface area contributed by atoms with Crippen molar-refractivity contribution in [3.63, 3.8) is 0 Å². The van der Waals surface area contributed by atoms with E-state index in [4.69, 9.17) is 11.6 Å². The highest BCUT2D eigenvalue weighted by Gasteiger charge is 2.18. The van der Waals surface area contributed by atoms with Gasteiger partial charge in [-0.3, -0.25) is 4.57 Å². The van der Waals surface area contributed by atoms with Crippen molar-refractivity contribution in [2.45, 2.75) is 26.1 Å². The third kappa shape index (κ3) is 2.32. The number of hydrogen-bond acceptors (Lipinski definition) is 1. The van der Waals surface area contributed by atoms with Crippen LogP contribution in [0.3, 0.4) is 0 Å². The first-order chi connectivity index (χ1) is 9.99. The van der Waals surface area contributed by atoms with Crippen LogP contribution in [0.1, 0.15) is 29.3 Å². The summed E-state index contributed by atoms with van der Waals surface area (Å²) in [5.41, 5.74) is 4.89. The molecule has 0 spiro atoms. The predicted octanol–water partition coefficient (Wildman–Crippen LogP) is 5.08. The number of aryl methyl sites for hydroxylation is 1. The highest BCUT2D eigenvalue weighted by molar-refractivity contribution is 6.20. The first kappa shape index (κ1) is 14.1. The number of halogens is 2. The number of fused-ring (bicyclic) bond motifs is 1. The molecule has 108 valence electrons. The van der Waals surface area contributed by atoms with Crippen molar-refractivity contribution in [2.75, 3.05) is 0 Å². The summed E-state index contributed by atoms with van der Waals surface area (Å²) in [7, 11) is 0. The SMILES string of the molecule is Cc1cccc(-n2c(C(C)Cl)nc3cc(F)ccc32)c1C. The monoisotopic (exact) mass is 302 g/mol. The number of aromatic nitrogens is 2. The molecule has 1 atom stereocenters. The van der Waals surface area contributed by atoms with E-state index in [1.54, 1.807) is 6.07 Å². The van der Waals surface area contributed by atoms with Gasteiger partial charge in [0.1, 0.15) is 11.6 Å². The van der Waals surface area contributed by atoms with E-state index in [2.05, 4.69) is 24.9 Å². The lowest BCUT2D eigenvalue weighted by Crippen LogP contribution is -2.04.